The second-order valence-electron chi connectivity index (χ2n) is 6.06. The summed E-state index contributed by atoms with van der Waals surface area (Å²) in [6, 6.07) is 8.07. The molecule has 1 aromatic rings. The largest absolute Gasteiger partial charge is 0.343 e. The monoisotopic (exact) mass is 363 g/mol. The molecule has 2 amide bonds. The van der Waals surface area contributed by atoms with Crippen LogP contribution in [0, 0.1) is 17.2 Å². The van der Waals surface area contributed by atoms with Gasteiger partial charge in [0.25, 0.3) is 0 Å². The summed E-state index contributed by atoms with van der Waals surface area (Å²) in [4.78, 5) is 24.9. The van der Waals surface area contributed by atoms with Crippen LogP contribution in [0.1, 0.15) is 26.2 Å². The molecule has 1 saturated heterocycles. The minimum Gasteiger partial charge on any atom is -0.343 e. The molecule has 0 saturated carbocycles. The van der Waals surface area contributed by atoms with Gasteiger partial charge in [0.1, 0.15) is 0 Å². The van der Waals surface area contributed by atoms with E-state index >= 15 is 0 Å². The van der Waals surface area contributed by atoms with Crippen molar-refractivity contribution in [1.82, 2.24) is 4.90 Å². The van der Waals surface area contributed by atoms with Crippen LogP contribution in [0.3, 0.4) is 0 Å². The number of benzene rings is 1. The lowest BCUT2D eigenvalue weighted by Gasteiger charge is -2.29. The van der Waals surface area contributed by atoms with E-state index in [0.717, 1.165) is 0 Å². The minimum absolute atomic E-state index is 0.0186. The third-order valence-electron chi connectivity index (χ3n) is 4.15. The first-order chi connectivity index (χ1) is 11.8. The number of rotatable bonds is 5. The fourth-order valence-corrected chi connectivity index (χ4v) is 3.93. The molecule has 0 bridgehead atoms. The molecule has 0 radical (unpaired) electrons. The number of hydrogen-bond donors (Lipinski definition) is 1. The van der Waals surface area contributed by atoms with Crippen LogP contribution in [0.2, 0.25) is 0 Å². The zero-order chi connectivity index (χ0) is 18.4. The van der Waals surface area contributed by atoms with Gasteiger partial charge < -0.3 is 10.2 Å². The van der Waals surface area contributed by atoms with Gasteiger partial charge in [0.05, 0.1) is 16.7 Å². The highest BCUT2D eigenvalue weighted by Crippen LogP contribution is 2.19. The van der Waals surface area contributed by atoms with Crippen LogP contribution >= 0.6 is 0 Å². The molecule has 134 valence electrons. The second kappa shape index (κ2) is 8.12. The molecule has 8 heteroatoms. The van der Waals surface area contributed by atoms with E-state index < -0.39 is 9.84 Å². The number of likely N-dealkylation sites (tertiary alicyclic amines) is 1. The molecule has 2 rings (SSSR count). The van der Waals surface area contributed by atoms with Gasteiger partial charge in [-0.15, -0.1) is 0 Å². The first kappa shape index (κ1) is 18.9. The lowest BCUT2D eigenvalue weighted by molar-refractivity contribution is -0.131. The average Bonchev–Trinajstić information content (AvgIpc) is 2.60. The predicted molar refractivity (Wildman–Crippen MR) is 92.3 cm³/mol. The van der Waals surface area contributed by atoms with Crippen LogP contribution in [-0.2, 0) is 19.4 Å². The van der Waals surface area contributed by atoms with Crippen LogP contribution in [-0.4, -0.2) is 44.0 Å². The lowest BCUT2D eigenvalue weighted by atomic mass is 9.98. The van der Waals surface area contributed by atoms with Crippen molar-refractivity contribution in [2.24, 2.45) is 5.92 Å². The van der Waals surface area contributed by atoms with E-state index in [9.17, 15) is 18.0 Å². The number of amides is 2. The Morgan fingerprint density at radius 3 is 2.36 bits per heavy atom. The van der Waals surface area contributed by atoms with E-state index in [2.05, 4.69) is 11.4 Å². The van der Waals surface area contributed by atoms with E-state index in [4.69, 9.17) is 5.26 Å². The van der Waals surface area contributed by atoms with Crippen LogP contribution in [0.15, 0.2) is 29.2 Å². The fraction of sp³-hybridized carbons (Fsp3) is 0.471. The summed E-state index contributed by atoms with van der Waals surface area (Å²) in [6.07, 6.45) is 1.20. The summed E-state index contributed by atoms with van der Waals surface area (Å²) < 4.78 is 24.7. The van der Waals surface area contributed by atoms with Gasteiger partial charge in [0.2, 0.25) is 11.8 Å². The summed E-state index contributed by atoms with van der Waals surface area (Å²) in [6.45, 7) is 2.38. The van der Waals surface area contributed by atoms with Crippen molar-refractivity contribution in [2.75, 3.05) is 24.2 Å². The van der Waals surface area contributed by atoms with E-state index in [0.29, 0.717) is 31.6 Å². The molecule has 1 aromatic carbocycles. The summed E-state index contributed by atoms with van der Waals surface area (Å²) in [5.41, 5.74) is 0.517. The molecule has 1 aliphatic heterocycles. The maximum atomic E-state index is 12.4. The summed E-state index contributed by atoms with van der Waals surface area (Å²) in [5.74, 6) is -0.713. The molecular weight excluding hydrogens is 342 g/mol. The Labute approximate surface area is 147 Å². The molecule has 1 heterocycles. The number of hydrogen-bond acceptors (Lipinski definition) is 5. The lowest BCUT2D eigenvalue weighted by Crippen LogP contribution is -2.38. The highest BCUT2D eigenvalue weighted by Gasteiger charge is 2.24. The predicted octanol–water partition coefficient (Wildman–Crippen LogP) is 1.57. The molecule has 0 unspecified atom stereocenters. The quantitative estimate of drug-likeness (QED) is 0.854. The normalized spacial score (nSPS) is 15.4. The zero-order valence-electron chi connectivity index (χ0n) is 14.1. The number of nitrogens with one attached hydrogen (secondary N) is 1. The van der Waals surface area contributed by atoms with Gasteiger partial charge in [-0.25, -0.2) is 8.42 Å². The number of piperidine rings is 1. The highest BCUT2D eigenvalue weighted by molar-refractivity contribution is 7.91. The molecule has 1 aliphatic rings. The highest BCUT2D eigenvalue weighted by atomic mass is 32.2. The first-order valence-electron chi connectivity index (χ1n) is 8.09. The van der Waals surface area contributed by atoms with Crippen molar-refractivity contribution >= 4 is 27.3 Å². The van der Waals surface area contributed by atoms with Crippen molar-refractivity contribution in [3.63, 3.8) is 0 Å². The van der Waals surface area contributed by atoms with Crippen molar-refractivity contribution in [3.8, 4) is 6.07 Å². The molecule has 25 heavy (non-hydrogen) atoms. The molecular formula is C17H21N3O4S. The van der Waals surface area contributed by atoms with Crippen LogP contribution in [0.4, 0.5) is 5.69 Å². The molecule has 0 atom stereocenters. The van der Waals surface area contributed by atoms with Crippen LogP contribution in [0.5, 0.6) is 0 Å². The maximum absolute atomic E-state index is 12.4. The molecule has 1 fully saturated rings. The smallest absolute Gasteiger partial charge is 0.223 e. The Bertz CT molecular complexity index is 773. The van der Waals surface area contributed by atoms with Gasteiger partial charge in [-0.1, -0.05) is 0 Å². The number of carbonyl (C=O) groups excluding carboxylic acids is 2. The van der Waals surface area contributed by atoms with E-state index in [1.165, 1.54) is 31.2 Å². The van der Waals surface area contributed by atoms with Crippen molar-refractivity contribution < 1.29 is 18.0 Å². The Morgan fingerprint density at radius 2 is 1.84 bits per heavy atom. The third kappa shape index (κ3) is 5.29. The number of anilines is 1. The maximum Gasteiger partial charge on any atom is 0.223 e. The van der Waals surface area contributed by atoms with E-state index in [1.54, 1.807) is 4.90 Å². The molecule has 0 aliphatic carbocycles. The summed E-state index contributed by atoms with van der Waals surface area (Å²) in [5, 5.41) is 11.4. The van der Waals surface area contributed by atoms with Crippen molar-refractivity contribution in [1.29, 1.82) is 5.26 Å². The summed E-state index contributed by atoms with van der Waals surface area (Å²) >= 11 is 0. The van der Waals surface area contributed by atoms with Crippen molar-refractivity contribution in [3.05, 3.63) is 24.3 Å². The first-order valence-corrected chi connectivity index (χ1v) is 9.75. The minimum atomic E-state index is -3.57. The Morgan fingerprint density at radius 1 is 1.24 bits per heavy atom. The van der Waals surface area contributed by atoms with Gasteiger partial charge in [-0.3, -0.25) is 9.59 Å². The van der Waals surface area contributed by atoms with Gasteiger partial charge >= 0.3 is 0 Å². The Hall–Kier alpha value is -2.40. The van der Waals surface area contributed by atoms with Gasteiger partial charge in [-0.05, 0) is 37.1 Å². The SMILES string of the molecule is CC(=O)Nc1ccc(S(=O)(=O)CCC(=O)N2CCC(C#N)CC2)cc1. The van der Waals surface area contributed by atoms with Crippen LogP contribution in [0.25, 0.3) is 0 Å². The fourth-order valence-electron chi connectivity index (χ4n) is 2.70. The van der Waals surface area contributed by atoms with E-state index in [-0.39, 0.29) is 34.8 Å². The standard InChI is InChI=1S/C17H21N3O4S/c1-13(21)19-15-2-4-16(5-3-15)25(23,24)11-8-17(22)20-9-6-14(12-18)7-10-20/h2-5,14H,6-11H2,1H3,(H,19,21). The average molecular weight is 363 g/mol. The third-order valence-corrected chi connectivity index (χ3v) is 5.88. The molecule has 0 aromatic heterocycles. The number of carbonyl (C=O) groups is 2. The van der Waals surface area contributed by atoms with Gasteiger partial charge in [0.15, 0.2) is 9.84 Å². The number of nitrogens with zero attached hydrogens (tertiary/aromatic N) is 2. The number of nitriles is 1. The molecule has 7 nitrogen and oxygen atoms in total. The van der Waals surface area contributed by atoms with Crippen molar-refractivity contribution in [2.45, 2.75) is 31.1 Å². The van der Waals surface area contributed by atoms with Crippen LogP contribution < -0.4 is 5.32 Å². The second-order valence-corrected chi connectivity index (χ2v) is 8.17. The van der Waals surface area contributed by atoms with Gasteiger partial charge in [-0.2, -0.15) is 5.26 Å². The Kier molecular flexibility index (Phi) is 6.15. The zero-order valence-corrected chi connectivity index (χ0v) is 14.9. The summed E-state index contributed by atoms with van der Waals surface area (Å²) in [7, 11) is -3.57. The molecule has 0 spiro atoms. The van der Waals surface area contributed by atoms with E-state index in [1.807, 2.05) is 0 Å². The Balaban J connectivity index is 1.92. The topological polar surface area (TPSA) is 107 Å². The number of sulfone groups is 1. The molecule has 1 N–H and O–H groups in total. The van der Waals surface area contributed by atoms with Gasteiger partial charge in [0, 0.05) is 38.0 Å².